The third-order valence-electron chi connectivity index (χ3n) is 2.39. The molecule has 0 saturated heterocycles. The molecule has 1 unspecified atom stereocenters. The maximum absolute atomic E-state index is 13.4. The Morgan fingerprint density at radius 3 is 2.68 bits per heavy atom. The Labute approximate surface area is 110 Å². The van der Waals surface area contributed by atoms with E-state index >= 15 is 0 Å². The summed E-state index contributed by atoms with van der Waals surface area (Å²) in [5, 5.41) is 0. The number of benzene rings is 1. The van der Waals surface area contributed by atoms with Gasteiger partial charge in [-0.2, -0.15) is 0 Å². The van der Waals surface area contributed by atoms with E-state index in [4.69, 9.17) is 10.5 Å². The van der Waals surface area contributed by atoms with Crippen molar-refractivity contribution in [1.82, 2.24) is 4.72 Å². The molecular formula is C11H16F2N2O3S. The molecule has 0 aliphatic rings. The maximum atomic E-state index is 13.4. The minimum Gasteiger partial charge on any atom is -0.383 e. The van der Waals surface area contributed by atoms with Gasteiger partial charge in [-0.05, 0) is 31.2 Å². The van der Waals surface area contributed by atoms with Crippen LogP contribution in [-0.2, 0) is 14.8 Å². The number of nitrogens with one attached hydrogen (secondary N) is 1. The summed E-state index contributed by atoms with van der Waals surface area (Å²) in [5.41, 5.74) is 5.35. The Hall–Kier alpha value is -1.09. The molecule has 0 aliphatic heterocycles. The van der Waals surface area contributed by atoms with Crippen LogP contribution >= 0.6 is 0 Å². The fourth-order valence-corrected chi connectivity index (χ4v) is 2.89. The predicted molar refractivity (Wildman–Crippen MR) is 66.0 cm³/mol. The number of nitrogens with two attached hydrogens (primary N) is 1. The highest BCUT2D eigenvalue weighted by Gasteiger charge is 2.23. The summed E-state index contributed by atoms with van der Waals surface area (Å²) in [6.45, 7) is 0.329. The number of ether oxygens (including phenoxy) is 1. The molecule has 1 atom stereocenters. The van der Waals surface area contributed by atoms with Gasteiger partial charge in [-0.1, -0.05) is 0 Å². The van der Waals surface area contributed by atoms with Gasteiger partial charge in [-0.3, -0.25) is 0 Å². The van der Waals surface area contributed by atoms with Crippen LogP contribution in [-0.4, -0.2) is 34.7 Å². The SMILES string of the molecule is COCC(CCN)NS(=O)(=O)c1cc(F)ccc1F. The van der Waals surface area contributed by atoms with Crippen molar-refractivity contribution in [3.63, 3.8) is 0 Å². The third kappa shape index (κ3) is 4.50. The van der Waals surface area contributed by atoms with Crippen LogP contribution in [0.5, 0.6) is 0 Å². The molecule has 0 fully saturated rings. The van der Waals surface area contributed by atoms with Crippen molar-refractivity contribution in [1.29, 1.82) is 0 Å². The summed E-state index contributed by atoms with van der Waals surface area (Å²) in [6.07, 6.45) is 0.323. The van der Waals surface area contributed by atoms with Gasteiger partial charge in [-0.15, -0.1) is 0 Å². The molecule has 8 heteroatoms. The summed E-state index contributed by atoms with van der Waals surface area (Å²) in [6, 6.07) is 1.64. The Bertz CT molecular complexity index is 517. The van der Waals surface area contributed by atoms with Crippen LogP contribution < -0.4 is 10.5 Å². The molecule has 0 heterocycles. The van der Waals surface area contributed by atoms with Gasteiger partial charge in [0, 0.05) is 13.2 Å². The first-order valence-electron chi connectivity index (χ1n) is 5.57. The van der Waals surface area contributed by atoms with Crippen LogP contribution in [0.25, 0.3) is 0 Å². The molecular weight excluding hydrogens is 278 g/mol. The number of methoxy groups -OCH3 is 1. The normalized spacial score (nSPS) is 13.5. The molecule has 19 heavy (non-hydrogen) atoms. The van der Waals surface area contributed by atoms with Crippen molar-refractivity contribution in [2.75, 3.05) is 20.3 Å². The average Bonchev–Trinajstić information content (AvgIpc) is 2.32. The lowest BCUT2D eigenvalue weighted by atomic mass is 10.2. The number of hydrogen-bond acceptors (Lipinski definition) is 4. The zero-order valence-corrected chi connectivity index (χ0v) is 11.2. The third-order valence-corrected chi connectivity index (χ3v) is 3.92. The van der Waals surface area contributed by atoms with E-state index in [1.807, 2.05) is 0 Å². The molecule has 1 aromatic rings. The number of hydrogen-bond donors (Lipinski definition) is 2. The topological polar surface area (TPSA) is 81.4 Å². The standard InChI is InChI=1S/C11H16F2N2O3S/c1-18-7-9(4-5-14)15-19(16,17)11-6-8(12)2-3-10(11)13/h2-3,6,9,15H,4-5,7,14H2,1H3. The lowest BCUT2D eigenvalue weighted by molar-refractivity contribution is 0.172. The molecule has 0 aromatic heterocycles. The molecule has 0 saturated carbocycles. The molecule has 1 aromatic carbocycles. The first-order valence-corrected chi connectivity index (χ1v) is 7.05. The Balaban J connectivity index is 2.99. The first kappa shape index (κ1) is 16.0. The number of halogens is 2. The summed E-state index contributed by atoms with van der Waals surface area (Å²) in [4.78, 5) is -0.731. The van der Waals surface area contributed by atoms with Crippen LogP contribution in [0.3, 0.4) is 0 Å². The minimum absolute atomic E-state index is 0.0906. The Morgan fingerprint density at radius 2 is 2.11 bits per heavy atom. The molecule has 1 rings (SSSR count). The van der Waals surface area contributed by atoms with Gasteiger partial charge in [0.2, 0.25) is 10.0 Å². The van der Waals surface area contributed by atoms with E-state index in [-0.39, 0.29) is 13.2 Å². The fourth-order valence-electron chi connectivity index (χ4n) is 1.54. The van der Waals surface area contributed by atoms with Crippen molar-refractivity contribution >= 4 is 10.0 Å². The fraction of sp³-hybridized carbons (Fsp3) is 0.455. The van der Waals surface area contributed by atoms with Gasteiger partial charge >= 0.3 is 0 Å². The second-order valence-corrected chi connectivity index (χ2v) is 5.61. The van der Waals surface area contributed by atoms with Gasteiger partial charge in [-0.25, -0.2) is 21.9 Å². The van der Waals surface area contributed by atoms with Crippen molar-refractivity contribution in [2.45, 2.75) is 17.4 Å². The zero-order chi connectivity index (χ0) is 14.5. The lowest BCUT2D eigenvalue weighted by Gasteiger charge is -2.17. The molecule has 0 aliphatic carbocycles. The number of rotatable bonds is 7. The molecule has 0 bridgehead atoms. The molecule has 0 amide bonds. The van der Waals surface area contributed by atoms with Gasteiger partial charge in [0.1, 0.15) is 16.5 Å². The first-order chi connectivity index (χ1) is 8.90. The zero-order valence-electron chi connectivity index (χ0n) is 10.4. The summed E-state index contributed by atoms with van der Waals surface area (Å²) in [7, 11) is -2.75. The number of sulfonamides is 1. The largest absolute Gasteiger partial charge is 0.383 e. The highest BCUT2D eigenvalue weighted by molar-refractivity contribution is 7.89. The van der Waals surface area contributed by atoms with Crippen LogP contribution in [0.15, 0.2) is 23.1 Å². The quantitative estimate of drug-likeness (QED) is 0.772. The highest BCUT2D eigenvalue weighted by Crippen LogP contribution is 2.16. The Kier molecular flexibility index (Phi) is 5.80. The van der Waals surface area contributed by atoms with Gasteiger partial charge in [0.05, 0.1) is 6.61 Å². The van der Waals surface area contributed by atoms with Crippen molar-refractivity contribution in [3.05, 3.63) is 29.8 Å². The monoisotopic (exact) mass is 294 g/mol. The van der Waals surface area contributed by atoms with E-state index in [0.29, 0.717) is 12.5 Å². The van der Waals surface area contributed by atoms with E-state index in [9.17, 15) is 17.2 Å². The molecule has 108 valence electrons. The average molecular weight is 294 g/mol. The summed E-state index contributed by atoms with van der Waals surface area (Å²) >= 11 is 0. The predicted octanol–water partition coefficient (Wildman–Crippen LogP) is 0.607. The maximum Gasteiger partial charge on any atom is 0.243 e. The van der Waals surface area contributed by atoms with E-state index < -0.39 is 32.6 Å². The van der Waals surface area contributed by atoms with Crippen molar-refractivity contribution in [3.8, 4) is 0 Å². The van der Waals surface area contributed by atoms with Gasteiger partial charge in [0.15, 0.2) is 0 Å². The lowest BCUT2D eigenvalue weighted by Crippen LogP contribution is -2.39. The van der Waals surface area contributed by atoms with Crippen molar-refractivity contribution in [2.24, 2.45) is 5.73 Å². The molecule has 0 radical (unpaired) electrons. The summed E-state index contributed by atoms with van der Waals surface area (Å²) in [5.74, 6) is -1.85. The molecule has 3 N–H and O–H groups in total. The van der Waals surface area contributed by atoms with Crippen LogP contribution in [0, 0.1) is 11.6 Å². The smallest absolute Gasteiger partial charge is 0.243 e. The van der Waals surface area contributed by atoms with Crippen LogP contribution in [0.2, 0.25) is 0 Å². The van der Waals surface area contributed by atoms with Gasteiger partial charge < -0.3 is 10.5 Å². The van der Waals surface area contributed by atoms with Gasteiger partial charge in [0.25, 0.3) is 0 Å². The highest BCUT2D eigenvalue weighted by atomic mass is 32.2. The molecule has 0 spiro atoms. The molecule has 5 nitrogen and oxygen atoms in total. The van der Waals surface area contributed by atoms with E-state index in [2.05, 4.69) is 4.72 Å². The van der Waals surface area contributed by atoms with Crippen LogP contribution in [0.4, 0.5) is 8.78 Å². The van der Waals surface area contributed by atoms with E-state index in [1.54, 1.807) is 0 Å². The van der Waals surface area contributed by atoms with E-state index in [1.165, 1.54) is 7.11 Å². The van der Waals surface area contributed by atoms with E-state index in [0.717, 1.165) is 12.1 Å². The Morgan fingerprint density at radius 1 is 1.42 bits per heavy atom. The second kappa shape index (κ2) is 6.90. The second-order valence-electron chi connectivity index (χ2n) is 3.93. The minimum atomic E-state index is -4.16. The summed E-state index contributed by atoms with van der Waals surface area (Å²) < 4.78 is 57.4. The van der Waals surface area contributed by atoms with Crippen LogP contribution in [0.1, 0.15) is 6.42 Å². The van der Waals surface area contributed by atoms with Crippen molar-refractivity contribution < 1.29 is 21.9 Å².